The van der Waals surface area contributed by atoms with E-state index in [2.05, 4.69) is 17.2 Å². The highest BCUT2D eigenvalue weighted by Gasteiger charge is 2.32. The van der Waals surface area contributed by atoms with Crippen LogP contribution in [0.25, 0.3) is 22.4 Å². The Morgan fingerprint density at radius 3 is 2.62 bits per heavy atom. The highest BCUT2D eigenvalue weighted by atomic mass is 19.1. The van der Waals surface area contributed by atoms with Crippen molar-refractivity contribution in [2.45, 2.75) is 45.1 Å². The lowest BCUT2D eigenvalue weighted by molar-refractivity contribution is -0.137. The Morgan fingerprint density at radius 2 is 1.90 bits per heavy atom. The van der Waals surface area contributed by atoms with Crippen LogP contribution in [0.3, 0.4) is 0 Å². The number of aromatic nitrogens is 2. The summed E-state index contributed by atoms with van der Waals surface area (Å²) >= 11 is 0. The van der Waals surface area contributed by atoms with Gasteiger partial charge in [0.15, 0.2) is 0 Å². The maximum absolute atomic E-state index is 15.3. The van der Waals surface area contributed by atoms with Crippen LogP contribution < -0.4 is 15.0 Å². The molecule has 1 N–H and O–H groups in total. The van der Waals surface area contributed by atoms with Crippen molar-refractivity contribution in [1.82, 2.24) is 9.78 Å². The van der Waals surface area contributed by atoms with Gasteiger partial charge < -0.3 is 14.6 Å². The highest BCUT2D eigenvalue weighted by Crippen LogP contribution is 2.45. The van der Waals surface area contributed by atoms with Crippen molar-refractivity contribution in [2.75, 3.05) is 6.61 Å². The van der Waals surface area contributed by atoms with E-state index in [-0.39, 0.29) is 23.7 Å². The third kappa shape index (κ3) is 4.53. The molecule has 2 atom stereocenters. The number of carbonyl (C=O) groups is 1. The van der Waals surface area contributed by atoms with Crippen molar-refractivity contribution < 1.29 is 23.8 Å². The van der Waals surface area contributed by atoms with Crippen molar-refractivity contribution in [1.29, 1.82) is 0 Å². The van der Waals surface area contributed by atoms with Gasteiger partial charge in [0.1, 0.15) is 23.4 Å². The van der Waals surface area contributed by atoms with Crippen LogP contribution in [0.5, 0.6) is 11.5 Å². The fraction of sp³-hybridized carbons (Fsp3) is 0.281. The van der Waals surface area contributed by atoms with Crippen molar-refractivity contribution in [3.8, 4) is 33.9 Å². The minimum absolute atomic E-state index is 0.0124. The van der Waals surface area contributed by atoms with Gasteiger partial charge in [0.05, 0.1) is 18.7 Å². The molecular formula is C32H29FN2O5. The van der Waals surface area contributed by atoms with Crippen LogP contribution in [0.1, 0.15) is 52.7 Å². The Labute approximate surface area is 230 Å². The monoisotopic (exact) mass is 540 g/mol. The lowest BCUT2D eigenvalue weighted by atomic mass is 9.88. The third-order valence-corrected chi connectivity index (χ3v) is 7.90. The zero-order valence-corrected chi connectivity index (χ0v) is 22.5. The summed E-state index contributed by atoms with van der Waals surface area (Å²) < 4.78 is 28.6. The van der Waals surface area contributed by atoms with E-state index in [4.69, 9.17) is 14.6 Å². The van der Waals surface area contributed by atoms with Crippen LogP contribution in [0.2, 0.25) is 0 Å². The highest BCUT2D eigenvalue weighted by molar-refractivity contribution is 5.79. The lowest BCUT2D eigenvalue weighted by Gasteiger charge is -2.19. The number of benzene rings is 3. The van der Waals surface area contributed by atoms with E-state index in [1.165, 1.54) is 16.8 Å². The largest absolute Gasteiger partial charge is 0.492 e. The zero-order chi connectivity index (χ0) is 28.1. The molecule has 8 heteroatoms. The number of halogens is 1. The SMILES string of the molecule is Cc1cc(-c2ccc(=O)n(C)n2)cc(C)c1-c1ccc(F)c2c1CC[C@H]2Oc1ccc2c(c1)OCC2CC(=O)O. The molecule has 4 aromatic rings. The average molecular weight is 541 g/mol. The Morgan fingerprint density at radius 1 is 1.12 bits per heavy atom. The second-order valence-electron chi connectivity index (χ2n) is 10.6. The fourth-order valence-corrected chi connectivity index (χ4v) is 6.09. The minimum atomic E-state index is -0.862. The second-order valence-corrected chi connectivity index (χ2v) is 10.6. The van der Waals surface area contributed by atoms with Gasteiger partial charge in [-0.25, -0.2) is 9.07 Å². The smallest absolute Gasteiger partial charge is 0.304 e. The number of rotatable bonds is 6. The fourth-order valence-electron chi connectivity index (χ4n) is 6.09. The third-order valence-electron chi connectivity index (χ3n) is 7.90. The van der Waals surface area contributed by atoms with Gasteiger partial charge in [0.25, 0.3) is 5.56 Å². The summed E-state index contributed by atoms with van der Waals surface area (Å²) in [7, 11) is 1.63. The van der Waals surface area contributed by atoms with Crippen LogP contribution in [0.15, 0.2) is 59.4 Å². The lowest BCUT2D eigenvalue weighted by Crippen LogP contribution is -2.18. The maximum Gasteiger partial charge on any atom is 0.304 e. The first-order chi connectivity index (χ1) is 19.2. The first-order valence-electron chi connectivity index (χ1n) is 13.3. The van der Waals surface area contributed by atoms with Crippen LogP contribution in [-0.4, -0.2) is 27.5 Å². The van der Waals surface area contributed by atoms with E-state index in [1.807, 2.05) is 32.0 Å². The van der Waals surface area contributed by atoms with E-state index in [0.717, 1.165) is 38.9 Å². The topological polar surface area (TPSA) is 90.7 Å². The van der Waals surface area contributed by atoms with Crippen molar-refractivity contribution in [2.24, 2.45) is 7.05 Å². The molecule has 1 aromatic heterocycles. The molecular weight excluding hydrogens is 511 g/mol. The summed E-state index contributed by atoms with van der Waals surface area (Å²) in [5.41, 5.74) is 7.97. The van der Waals surface area contributed by atoms with Gasteiger partial charge in [-0.05, 0) is 84.8 Å². The number of ether oxygens (including phenoxy) is 2. The summed E-state index contributed by atoms with van der Waals surface area (Å²) in [6.07, 6.45) is 0.886. The second kappa shape index (κ2) is 9.93. The molecule has 0 spiro atoms. The minimum Gasteiger partial charge on any atom is -0.492 e. The Balaban J connectivity index is 1.31. The molecule has 6 rings (SSSR count). The van der Waals surface area contributed by atoms with Crippen molar-refractivity contribution >= 4 is 5.97 Å². The predicted octanol–water partition coefficient (Wildman–Crippen LogP) is 5.89. The van der Waals surface area contributed by atoms with E-state index >= 15 is 4.39 Å². The van der Waals surface area contributed by atoms with Gasteiger partial charge >= 0.3 is 5.97 Å². The molecule has 1 unspecified atom stereocenters. The van der Waals surface area contributed by atoms with Gasteiger partial charge in [-0.15, -0.1) is 0 Å². The maximum atomic E-state index is 15.3. The van der Waals surface area contributed by atoms with Crippen molar-refractivity contribution in [3.63, 3.8) is 0 Å². The van der Waals surface area contributed by atoms with Crippen LogP contribution in [0.4, 0.5) is 4.39 Å². The number of aryl methyl sites for hydroxylation is 3. The van der Waals surface area contributed by atoms with Gasteiger partial charge in [-0.2, -0.15) is 5.10 Å². The molecule has 0 fully saturated rings. The number of carboxylic acids is 1. The summed E-state index contributed by atoms with van der Waals surface area (Å²) in [5.74, 6) is -0.147. The number of nitrogens with zero attached hydrogens (tertiary/aromatic N) is 2. The van der Waals surface area contributed by atoms with E-state index in [1.54, 1.807) is 19.2 Å². The molecule has 40 heavy (non-hydrogen) atoms. The summed E-state index contributed by atoms with van der Waals surface area (Å²) in [5, 5.41) is 13.5. The Kier molecular flexibility index (Phi) is 6.41. The standard InChI is InChI=1S/C32H29FN2O5/c1-17-12-19(26-9-11-29(36)35(3)34-26)13-18(2)31(17)23-6-8-25(33)32-24(23)7-10-27(32)40-21-4-5-22-20(14-30(37)38)16-39-28(22)15-21/h4-6,8-9,11-13,15,20,27H,7,10,14,16H2,1-3H3,(H,37,38)/t20?,27-/m1/s1. The number of hydrogen-bond acceptors (Lipinski definition) is 5. The molecule has 2 heterocycles. The van der Waals surface area contributed by atoms with Gasteiger partial charge in [0, 0.05) is 41.8 Å². The van der Waals surface area contributed by atoms with E-state index in [0.29, 0.717) is 42.2 Å². The molecule has 204 valence electrons. The van der Waals surface area contributed by atoms with Crippen LogP contribution in [-0.2, 0) is 18.3 Å². The zero-order valence-electron chi connectivity index (χ0n) is 22.5. The normalized spacial score (nSPS) is 17.3. The first kappa shape index (κ1) is 25.8. The molecule has 0 saturated carbocycles. The van der Waals surface area contributed by atoms with Gasteiger partial charge in [-0.3, -0.25) is 9.59 Å². The van der Waals surface area contributed by atoms with Crippen LogP contribution in [0, 0.1) is 19.7 Å². The molecule has 0 radical (unpaired) electrons. The Bertz CT molecular complexity index is 1700. The molecule has 1 aliphatic carbocycles. The Hall–Kier alpha value is -4.46. The van der Waals surface area contributed by atoms with E-state index < -0.39 is 12.1 Å². The molecule has 7 nitrogen and oxygen atoms in total. The molecule has 0 saturated heterocycles. The summed E-state index contributed by atoms with van der Waals surface area (Å²) in [6, 6.07) is 16.1. The molecule has 0 amide bonds. The summed E-state index contributed by atoms with van der Waals surface area (Å²) in [4.78, 5) is 22.9. The molecule has 1 aliphatic heterocycles. The molecule has 2 aliphatic rings. The summed E-state index contributed by atoms with van der Waals surface area (Å²) in [6.45, 7) is 4.40. The number of hydrogen-bond donors (Lipinski definition) is 1. The van der Waals surface area contributed by atoms with E-state index in [9.17, 15) is 9.59 Å². The van der Waals surface area contributed by atoms with Gasteiger partial charge in [0.2, 0.25) is 0 Å². The average Bonchev–Trinajstić information content (AvgIpc) is 3.51. The van der Waals surface area contributed by atoms with Crippen molar-refractivity contribution in [3.05, 3.63) is 98.6 Å². The first-order valence-corrected chi connectivity index (χ1v) is 13.3. The molecule has 3 aromatic carbocycles. The number of fused-ring (bicyclic) bond motifs is 2. The quantitative estimate of drug-likeness (QED) is 0.328. The van der Waals surface area contributed by atoms with Gasteiger partial charge in [-0.1, -0.05) is 12.1 Å². The predicted molar refractivity (Wildman–Crippen MR) is 148 cm³/mol. The number of aliphatic carboxylic acids is 1. The number of carboxylic acid groups (broad SMARTS) is 1. The molecule has 0 bridgehead atoms. The van der Waals surface area contributed by atoms with Crippen LogP contribution >= 0.6 is 0 Å².